The van der Waals surface area contributed by atoms with E-state index in [4.69, 9.17) is 11.6 Å². The average Bonchev–Trinajstić information content (AvgIpc) is 3.35. The third kappa shape index (κ3) is 6.12. The van der Waals surface area contributed by atoms with Crippen molar-refractivity contribution in [1.29, 1.82) is 0 Å². The second-order valence-electron chi connectivity index (χ2n) is 9.89. The van der Waals surface area contributed by atoms with Crippen molar-refractivity contribution in [3.05, 3.63) is 113 Å². The van der Waals surface area contributed by atoms with Gasteiger partial charge in [0.15, 0.2) is 0 Å². The topological polar surface area (TPSA) is 125 Å². The minimum absolute atomic E-state index is 0.0565. The van der Waals surface area contributed by atoms with E-state index in [1.165, 1.54) is 18.2 Å². The molecule has 3 N–H and O–H groups in total. The summed E-state index contributed by atoms with van der Waals surface area (Å²) in [5, 5.41) is 3.22. The quantitative estimate of drug-likeness (QED) is 0.184. The first-order chi connectivity index (χ1) is 20.0. The number of fused-ring (bicyclic) bond motifs is 1. The number of aromatic amines is 1. The number of sulfone groups is 1. The molecule has 1 heterocycles. The van der Waals surface area contributed by atoms with Crippen LogP contribution in [0.15, 0.2) is 106 Å². The fourth-order valence-corrected chi connectivity index (χ4v) is 7.77. The molecule has 8 nitrogen and oxygen atoms in total. The molecule has 0 saturated carbocycles. The first-order valence-electron chi connectivity index (χ1n) is 13.0. The SMILES string of the molecule is Cc1cc(C)cc(S(=O)(=O)c2c(C(=O)NCCNS(=O)(=O)c3ccc(-c4ccccc4)cc3)[nH]c3ccc(Cl)cc23)c1. The lowest BCUT2D eigenvalue weighted by Crippen LogP contribution is -2.35. The third-order valence-electron chi connectivity index (χ3n) is 6.69. The van der Waals surface area contributed by atoms with Gasteiger partial charge in [0.25, 0.3) is 5.91 Å². The van der Waals surface area contributed by atoms with Crippen LogP contribution in [-0.4, -0.2) is 40.8 Å². The molecule has 0 atom stereocenters. The fraction of sp³-hybridized carbons (Fsp3) is 0.129. The number of amides is 1. The van der Waals surface area contributed by atoms with Crippen LogP contribution in [0, 0.1) is 13.8 Å². The molecule has 0 saturated heterocycles. The maximum atomic E-state index is 13.8. The van der Waals surface area contributed by atoms with Gasteiger partial charge in [0.1, 0.15) is 10.6 Å². The minimum Gasteiger partial charge on any atom is -0.349 e. The highest BCUT2D eigenvalue weighted by Gasteiger charge is 2.30. The standard InChI is InChI=1S/C31H28ClN3O5S2/c1-20-16-21(2)18-26(17-20)41(37,38)30-27-19-24(32)10-13-28(27)35-29(30)31(36)33-14-15-34-42(39,40)25-11-8-23(9-12-25)22-6-4-3-5-7-22/h3-13,16-19,34-35H,14-15H2,1-2H3,(H,33,36). The number of aromatic nitrogens is 1. The van der Waals surface area contributed by atoms with Crippen molar-refractivity contribution in [3.8, 4) is 11.1 Å². The van der Waals surface area contributed by atoms with Crippen molar-refractivity contribution >= 4 is 48.3 Å². The zero-order valence-corrected chi connectivity index (χ0v) is 25.2. The first kappa shape index (κ1) is 29.5. The van der Waals surface area contributed by atoms with Gasteiger partial charge in [0, 0.05) is 29.0 Å². The van der Waals surface area contributed by atoms with E-state index in [1.807, 2.05) is 36.4 Å². The lowest BCUT2D eigenvalue weighted by molar-refractivity contribution is 0.0947. The zero-order chi connectivity index (χ0) is 30.1. The van der Waals surface area contributed by atoms with Crippen molar-refractivity contribution in [3.63, 3.8) is 0 Å². The van der Waals surface area contributed by atoms with Crippen LogP contribution in [-0.2, 0) is 19.9 Å². The number of halogens is 1. The summed E-state index contributed by atoms with van der Waals surface area (Å²) in [7, 11) is -7.98. The number of rotatable bonds is 9. The maximum absolute atomic E-state index is 13.8. The van der Waals surface area contributed by atoms with Crippen molar-refractivity contribution in [2.75, 3.05) is 13.1 Å². The van der Waals surface area contributed by atoms with Gasteiger partial charge in [-0.2, -0.15) is 0 Å². The number of hydrogen-bond donors (Lipinski definition) is 3. The summed E-state index contributed by atoms with van der Waals surface area (Å²) in [4.78, 5) is 16.1. The van der Waals surface area contributed by atoms with Gasteiger partial charge in [-0.3, -0.25) is 4.79 Å². The van der Waals surface area contributed by atoms with E-state index in [-0.39, 0.29) is 38.9 Å². The molecular formula is C31H28ClN3O5S2. The highest BCUT2D eigenvalue weighted by Crippen LogP contribution is 2.34. The smallest absolute Gasteiger partial charge is 0.269 e. The Balaban J connectivity index is 1.33. The number of carbonyl (C=O) groups is 1. The molecule has 0 bridgehead atoms. The van der Waals surface area contributed by atoms with Gasteiger partial charge in [-0.25, -0.2) is 21.6 Å². The van der Waals surface area contributed by atoms with E-state index in [0.29, 0.717) is 10.5 Å². The predicted octanol–water partition coefficient (Wildman–Crippen LogP) is 5.65. The average molecular weight is 622 g/mol. The van der Waals surface area contributed by atoms with E-state index in [9.17, 15) is 21.6 Å². The van der Waals surface area contributed by atoms with E-state index < -0.39 is 25.8 Å². The first-order valence-corrected chi connectivity index (χ1v) is 16.4. The van der Waals surface area contributed by atoms with E-state index in [1.54, 1.807) is 50.2 Å². The maximum Gasteiger partial charge on any atom is 0.269 e. The van der Waals surface area contributed by atoms with Gasteiger partial charge in [0.05, 0.1) is 9.79 Å². The highest BCUT2D eigenvalue weighted by atomic mass is 35.5. The summed E-state index contributed by atoms with van der Waals surface area (Å²) in [6.45, 7) is 3.40. The molecule has 0 unspecified atom stereocenters. The lowest BCUT2D eigenvalue weighted by Gasteiger charge is -2.11. The Morgan fingerprint density at radius 3 is 2.07 bits per heavy atom. The van der Waals surface area contributed by atoms with Crippen LogP contribution < -0.4 is 10.0 Å². The van der Waals surface area contributed by atoms with Gasteiger partial charge in [-0.1, -0.05) is 60.1 Å². The second-order valence-corrected chi connectivity index (χ2v) is 14.0. The number of hydrogen-bond acceptors (Lipinski definition) is 5. The predicted molar refractivity (Wildman–Crippen MR) is 164 cm³/mol. The van der Waals surface area contributed by atoms with Gasteiger partial charge in [-0.15, -0.1) is 0 Å². The second kappa shape index (κ2) is 11.7. The van der Waals surface area contributed by atoms with Crippen LogP contribution in [0.2, 0.25) is 5.02 Å². The summed E-state index contributed by atoms with van der Waals surface area (Å²) in [6, 6.07) is 25.7. The summed E-state index contributed by atoms with van der Waals surface area (Å²) < 4.78 is 55.8. The number of carbonyl (C=O) groups excluding carboxylic acids is 1. The molecule has 1 amide bonds. The summed E-state index contributed by atoms with van der Waals surface area (Å²) in [6.07, 6.45) is 0. The Morgan fingerprint density at radius 1 is 0.762 bits per heavy atom. The highest BCUT2D eigenvalue weighted by molar-refractivity contribution is 7.91. The van der Waals surface area contributed by atoms with Crippen LogP contribution in [0.25, 0.3) is 22.0 Å². The van der Waals surface area contributed by atoms with Gasteiger partial charge in [-0.05, 0) is 78.6 Å². The van der Waals surface area contributed by atoms with Crippen molar-refractivity contribution in [1.82, 2.24) is 15.0 Å². The number of sulfonamides is 1. The molecule has 0 aliphatic rings. The Labute approximate surface area is 249 Å². The normalized spacial score (nSPS) is 12.0. The van der Waals surface area contributed by atoms with E-state index in [2.05, 4.69) is 15.0 Å². The number of benzene rings is 4. The van der Waals surface area contributed by atoms with Crippen molar-refractivity contribution < 1.29 is 21.6 Å². The monoisotopic (exact) mass is 621 g/mol. The molecule has 5 aromatic rings. The fourth-order valence-electron chi connectivity index (χ4n) is 4.77. The molecule has 216 valence electrons. The molecule has 11 heteroatoms. The molecule has 42 heavy (non-hydrogen) atoms. The van der Waals surface area contributed by atoms with E-state index >= 15 is 0 Å². The number of H-pyrrole nitrogens is 1. The van der Waals surface area contributed by atoms with Crippen molar-refractivity contribution in [2.45, 2.75) is 28.5 Å². The molecule has 4 aromatic carbocycles. The molecule has 1 aromatic heterocycles. The molecule has 0 spiro atoms. The van der Waals surface area contributed by atoms with Crippen LogP contribution in [0.3, 0.4) is 0 Å². The summed E-state index contributed by atoms with van der Waals surface area (Å²) in [5.41, 5.74) is 3.64. The zero-order valence-electron chi connectivity index (χ0n) is 22.8. The molecule has 0 radical (unpaired) electrons. The summed E-state index contributed by atoms with van der Waals surface area (Å²) in [5.74, 6) is -0.698. The number of aryl methyl sites for hydroxylation is 2. The van der Waals surface area contributed by atoms with Crippen molar-refractivity contribution in [2.24, 2.45) is 0 Å². The van der Waals surface area contributed by atoms with Gasteiger partial charge < -0.3 is 10.3 Å². The van der Waals surface area contributed by atoms with Crippen LogP contribution in [0.4, 0.5) is 0 Å². The summed E-state index contributed by atoms with van der Waals surface area (Å²) >= 11 is 6.19. The minimum atomic E-state index is -4.14. The van der Waals surface area contributed by atoms with Crippen LogP contribution in [0.5, 0.6) is 0 Å². The van der Waals surface area contributed by atoms with E-state index in [0.717, 1.165) is 22.3 Å². The Hall–Kier alpha value is -3.96. The molecule has 0 aliphatic heterocycles. The Bertz CT molecular complexity index is 1990. The Morgan fingerprint density at radius 2 is 1.40 bits per heavy atom. The molecule has 0 fully saturated rings. The lowest BCUT2D eigenvalue weighted by atomic mass is 10.1. The third-order valence-corrected chi connectivity index (χ3v) is 10.2. The largest absolute Gasteiger partial charge is 0.349 e. The van der Waals surface area contributed by atoms with Gasteiger partial charge >= 0.3 is 0 Å². The molecular weight excluding hydrogens is 594 g/mol. The Kier molecular flexibility index (Phi) is 8.25. The van der Waals surface area contributed by atoms with Crippen LogP contribution in [0.1, 0.15) is 21.6 Å². The molecule has 5 rings (SSSR count). The van der Waals surface area contributed by atoms with Gasteiger partial charge in [0.2, 0.25) is 19.9 Å². The molecule has 0 aliphatic carbocycles. The van der Waals surface area contributed by atoms with Crippen LogP contribution >= 0.6 is 11.6 Å². The number of nitrogens with one attached hydrogen (secondary N) is 3.